The smallest absolute Gasteiger partial charge is 0.00146 e. The standard InChI is InChI=1S/C13H22/c1-4-5-7-12-8-6-9-13(12)10-11(2)3/h6,8-9,11,13H,4-5,7,10H2,1-3H3. The largest absolute Gasteiger partial charge is 0.0773 e. The fourth-order valence-corrected chi connectivity index (χ4v) is 1.95. The van der Waals surface area contributed by atoms with Gasteiger partial charge in [0.05, 0.1) is 0 Å². The van der Waals surface area contributed by atoms with Gasteiger partial charge in [-0.2, -0.15) is 0 Å². The molecule has 0 N–H and O–H groups in total. The van der Waals surface area contributed by atoms with E-state index in [1.54, 1.807) is 5.57 Å². The van der Waals surface area contributed by atoms with Gasteiger partial charge in [-0.25, -0.2) is 0 Å². The second-order valence-electron chi connectivity index (χ2n) is 4.47. The van der Waals surface area contributed by atoms with Gasteiger partial charge in [0.15, 0.2) is 0 Å². The first-order chi connectivity index (χ1) is 6.24. The Labute approximate surface area is 82.7 Å². The maximum atomic E-state index is 2.37. The summed E-state index contributed by atoms with van der Waals surface area (Å²) in [4.78, 5) is 0. The summed E-state index contributed by atoms with van der Waals surface area (Å²) >= 11 is 0. The van der Waals surface area contributed by atoms with Gasteiger partial charge in [0.25, 0.3) is 0 Å². The minimum Gasteiger partial charge on any atom is -0.0773 e. The van der Waals surface area contributed by atoms with Crippen LogP contribution in [0.15, 0.2) is 23.8 Å². The molecule has 13 heavy (non-hydrogen) atoms. The van der Waals surface area contributed by atoms with E-state index < -0.39 is 0 Å². The van der Waals surface area contributed by atoms with Crippen molar-refractivity contribution >= 4 is 0 Å². The minimum atomic E-state index is 0.756. The molecule has 1 aliphatic rings. The lowest BCUT2D eigenvalue weighted by Crippen LogP contribution is -2.02. The van der Waals surface area contributed by atoms with Gasteiger partial charge in [-0.15, -0.1) is 0 Å². The van der Waals surface area contributed by atoms with Crippen LogP contribution in [0.2, 0.25) is 0 Å². The van der Waals surface area contributed by atoms with Crippen LogP contribution in [0.4, 0.5) is 0 Å². The maximum Gasteiger partial charge on any atom is -0.00146 e. The molecule has 1 aliphatic carbocycles. The van der Waals surface area contributed by atoms with Crippen LogP contribution in [-0.4, -0.2) is 0 Å². The molecule has 0 saturated carbocycles. The van der Waals surface area contributed by atoms with E-state index in [4.69, 9.17) is 0 Å². The molecule has 0 heteroatoms. The van der Waals surface area contributed by atoms with Crippen LogP contribution >= 0.6 is 0 Å². The molecule has 0 heterocycles. The summed E-state index contributed by atoms with van der Waals surface area (Å²) in [5.41, 5.74) is 1.66. The van der Waals surface area contributed by atoms with E-state index in [0.717, 1.165) is 11.8 Å². The molecule has 0 fully saturated rings. The Hall–Kier alpha value is -0.520. The highest BCUT2D eigenvalue weighted by Crippen LogP contribution is 2.29. The first-order valence-electron chi connectivity index (χ1n) is 5.61. The highest BCUT2D eigenvalue weighted by Gasteiger charge is 2.14. The summed E-state index contributed by atoms with van der Waals surface area (Å²) in [6.45, 7) is 6.88. The molecule has 0 radical (unpaired) electrons. The number of rotatable bonds is 5. The van der Waals surface area contributed by atoms with Gasteiger partial charge in [0, 0.05) is 0 Å². The highest BCUT2D eigenvalue weighted by molar-refractivity contribution is 5.27. The second kappa shape index (κ2) is 5.26. The molecule has 0 spiro atoms. The molecule has 0 aliphatic heterocycles. The van der Waals surface area contributed by atoms with Gasteiger partial charge >= 0.3 is 0 Å². The zero-order chi connectivity index (χ0) is 9.68. The predicted octanol–water partition coefficient (Wildman–Crippen LogP) is 4.34. The van der Waals surface area contributed by atoms with Crippen molar-refractivity contribution in [1.29, 1.82) is 0 Å². The van der Waals surface area contributed by atoms with Gasteiger partial charge < -0.3 is 0 Å². The monoisotopic (exact) mass is 178 g/mol. The van der Waals surface area contributed by atoms with E-state index in [0.29, 0.717) is 0 Å². The Morgan fingerprint density at radius 3 is 2.77 bits per heavy atom. The third kappa shape index (κ3) is 3.38. The molecule has 1 rings (SSSR count). The molecule has 1 atom stereocenters. The van der Waals surface area contributed by atoms with Gasteiger partial charge in [-0.1, -0.05) is 51.0 Å². The van der Waals surface area contributed by atoms with Crippen molar-refractivity contribution in [2.75, 3.05) is 0 Å². The Balaban J connectivity index is 2.37. The van der Waals surface area contributed by atoms with Crippen LogP contribution in [0, 0.1) is 11.8 Å². The molecule has 1 unspecified atom stereocenters. The molecule has 0 aromatic rings. The van der Waals surface area contributed by atoms with Gasteiger partial charge in [-0.05, 0) is 31.1 Å². The number of hydrogen-bond acceptors (Lipinski definition) is 0. The molecular weight excluding hydrogens is 156 g/mol. The Morgan fingerprint density at radius 1 is 1.38 bits per heavy atom. The topological polar surface area (TPSA) is 0 Å². The van der Waals surface area contributed by atoms with Crippen molar-refractivity contribution < 1.29 is 0 Å². The van der Waals surface area contributed by atoms with Crippen LogP contribution in [0.3, 0.4) is 0 Å². The molecule has 0 aromatic carbocycles. The second-order valence-corrected chi connectivity index (χ2v) is 4.47. The molecule has 0 nitrogen and oxygen atoms in total. The lowest BCUT2D eigenvalue weighted by molar-refractivity contribution is 0.508. The van der Waals surface area contributed by atoms with Crippen molar-refractivity contribution in [2.24, 2.45) is 11.8 Å². The van der Waals surface area contributed by atoms with Crippen molar-refractivity contribution in [3.8, 4) is 0 Å². The number of unbranched alkanes of at least 4 members (excludes halogenated alkanes) is 1. The minimum absolute atomic E-state index is 0.756. The zero-order valence-electron chi connectivity index (χ0n) is 9.22. The third-order valence-electron chi connectivity index (χ3n) is 2.67. The fourth-order valence-electron chi connectivity index (χ4n) is 1.95. The first-order valence-corrected chi connectivity index (χ1v) is 5.61. The summed E-state index contributed by atoms with van der Waals surface area (Å²) in [5.74, 6) is 1.57. The normalized spacial score (nSPS) is 21.2. The van der Waals surface area contributed by atoms with Crippen molar-refractivity contribution in [3.05, 3.63) is 23.8 Å². The van der Waals surface area contributed by atoms with E-state index in [-0.39, 0.29) is 0 Å². The van der Waals surface area contributed by atoms with Crippen molar-refractivity contribution in [2.45, 2.75) is 46.5 Å². The average Bonchev–Trinajstić information content (AvgIpc) is 2.48. The lowest BCUT2D eigenvalue weighted by atomic mass is 9.90. The number of hydrogen-bond donors (Lipinski definition) is 0. The summed E-state index contributed by atoms with van der Waals surface area (Å²) in [6, 6.07) is 0. The van der Waals surface area contributed by atoms with Gasteiger partial charge in [0.1, 0.15) is 0 Å². The van der Waals surface area contributed by atoms with E-state index in [9.17, 15) is 0 Å². The summed E-state index contributed by atoms with van der Waals surface area (Å²) < 4.78 is 0. The van der Waals surface area contributed by atoms with Crippen LogP contribution in [0.1, 0.15) is 46.5 Å². The van der Waals surface area contributed by atoms with Gasteiger partial charge in [0.2, 0.25) is 0 Å². The van der Waals surface area contributed by atoms with Crippen LogP contribution in [0.25, 0.3) is 0 Å². The SMILES string of the molecule is CCCCC1=CC=CC1CC(C)C. The molecule has 0 aromatic heterocycles. The molecule has 0 saturated heterocycles. The lowest BCUT2D eigenvalue weighted by Gasteiger charge is -2.15. The first kappa shape index (κ1) is 10.6. The number of allylic oxidation sites excluding steroid dienone is 4. The van der Waals surface area contributed by atoms with E-state index >= 15 is 0 Å². The summed E-state index contributed by atoms with van der Waals surface area (Å²) in [7, 11) is 0. The third-order valence-corrected chi connectivity index (χ3v) is 2.67. The quantitative estimate of drug-likeness (QED) is 0.587. The average molecular weight is 178 g/mol. The molecule has 0 amide bonds. The Bertz CT molecular complexity index is 196. The van der Waals surface area contributed by atoms with Crippen LogP contribution < -0.4 is 0 Å². The fraction of sp³-hybridized carbons (Fsp3) is 0.692. The van der Waals surface area contributed by atoms with Crippen molar-refractivity contribution in [1.82, 2.24) is 0 Å². The van der Waals surface area contributed by atoms with E-state index in [1.165, 1.54) is 25.7 Å². The van der Waals surface area contributed by atoms with Crippen molar-refractivity contribution in [3.63, 3.8) is 0 Å². The highest BCUT2D eigenvalue weighted by atomic mass is 14.2. The van der Waals surface area contributed by atoms with Crippen LogP contribution in [0.5, 0.6) is 0 Å². The Kier molecular flexibility index (Phi) is 4.27. The predicted molar refractivity (Wildman–Crippen MR) is 59.7 cm³/mol. The molecule has 74 valence electrons. The summed E-state index contributed by atoms with van der Waals surface area (Å²) in [6.07, 6.45) is 12.2. The zero-order valence-corrected chi connectivity index (χ0v) is 9.22. The van der Waals surface area contributed by atoms with E-state index in [1.807, 2.05) is 0 Å². The van der Waals surface area contributed by atoms with Crippen LogP contribution in [-0.2, 0) is 0 Å². The molecular formula is C13H22. The summed E-state index contributed by atoms with van der Waals surface area (Å²) in [5, 5.41) is 0. The maximum absolute atomic E-state index is 2.37. The van der Waals surface area contributed by atoms with Gasteiger partial charge in [-0.3, -0.25) is 0 Å². The molecule has 0 bridgehead atoms. The van der Waals surface area contributed by atoms with E-state index in [2.05, 4.69) is 39.0 Å². The Morgan fingerprint density at radius 2 is 2.15 bits per heavy atom.